The van der Waals surface area contributed by atoms with E-state index in [1.807, 2.05) is 56.3 Å². The first kappa shape index (κ1) is 16.1. The lowest BCUT2D eigenvalue weighted by Gasteiger charge is -2.08. The molecule has 0 saturated carbocycles. The van der Waals surface area contributed by atoms with E-state index < -0.39 is 0 Å². The van der Waals surface area contributed by atoms with Crippen molar-refractivity contribution in [2.45, 2.75) is 13.8 Å². The van der Waals surface area contributed by atoms with Gasteiger partial charge in [-0.05, 0) is 47.9 Å². The Labute approximate surface area is 151 Å². The van der Waals surface area contributed by atoms with Gasteiger partial charge in [0.15, 0.2) is 0 Å². The maximum atomic E-state index is 12.6. The Bertz CT molecular complexity index is 1110. The Morgan fingerprint density at radius 3 is 2.65 bits per heavy atom. The molecule has 4 nitrogen and oxygen atoms in total. The number of hydrogen-bond donors (Lipinski definition) is 2. The number of carbonyl (C=O) groups excluding carboxylic acids is 1. The molecule has 0 radical (unpaired) electrons. The van der Waals surface area contributed by atoms with Gasteiger partial charge in [-0.25, -0.2) is 0 Å². The normalized spacial score (nSPS) is 10.8. The number of aryl methyl sites for hydroxylation is 2. The fourth-order valence-electron chi connectivity index (χ4n) is 3.08. The van der Waals surface area contributed by atoms with Crippen molar-refractivity contribution < 1.29 is 4.79 Å². The third-order valence-electron chi connectivity index (χ3n) is 4.53. The van der Waals surface area contributed by atoms with Gasteiger partial charge in [0, 0.05) is 11.3 Å². The van der Waals surface area contributed by atoms with E-state index in [1.165, 1.54) is 0 Å². The van der Waals surface area contributed by atoms with Crippen molar-refractivity contribution in [3.05, 3.63) is 83.6 Å². The van der Waals surface area contributed by atoms with Crippen molar-refractivity contribution in [3.8, 4) is 11.3 Å². The Morgan fingerprint density at radius 1 is 0.962 bits per heavy atom. The van der Waals surface area contributed by atoms with Crippen molar-refractivity contribution in [3.63, 3.8) is 0 Å². The molecule has 0 bridgehead atoms. The van der Waals surface area contributed by atoms with E-state index in [0.29, 0.717) is 5.69 Å². The molecule has 4 rings (SSSR count). The van der Waals surface area contributed by atoms with E-state index in [9.17, 15) is 4.79 Å². The second-order valence-electron chi connectivity index (χ2n) is 6.47. The second-order valence-corrected chi connectivity index (χ2v) is 6.47. The van der Waals surface area contributed by atoms with Gasteiger partial charge in [-0.15, -0.1) is 0 Å². The van der Waals surface area contributed by atoms with E-state index in [4.69, 9.17) is 0 Å². The number of anilines is 1. The molecule has 2 N–H and O–H groups in total. The number of rotatable bonds is 3. The van der Waals surface area contributed by atoms with Crippen molar-refractivity contribution >= 4 is 22.4 Å². The van der Waals surface area contributed by atoms with E-state index in [2.05, 4.69) is 33.7 Å². The third-order valence-corrected chi connectivity index (χ3v) is 4.53. The van der Waals surface area contributed by atoms with Crippen molar-refractivity contribution in [2.24, 2.45) is 0 Å². The smallest absolute Gasteiger partial charge is 0.273 e. The SMILES string of the molecule is Cc1ccc(C)c(NC(=O)c2cc(-c3cccc4ccccc34)n[nH]2)c1. The van der Waals surface area contributed by atoms with Crippen molar-refractivity contribution in [1.29, 1.82) is 0 Å². The summed E-state index contributed by atoms with van der Waals surface area (Å²) in [4.78, 5) is 12.6. The monoisotopic (exact) mass is 341 g/mol. The van der Waals surface area contributed by atoms with Crippen LogP contribution in [0, 0.1) is 13.8 Å². The first-order valence-electron chi connectivity index (χ1n) is 8.54. The number of amides is 1. The zero-order chi connectivity index (χ0) is 18.1. The van der Waals surface area contributed by atoms with E-state index in [1.54, 1.807) is 6.07 Å². The molecule has 3 aromatic carbocycles. The number of H-pyrrole nitrogens is 1. The summed E-state index contributed by atoms with van der Waals surface area (Å²) in [6, 6.07) is 22.0. The van der Waals surface area contributed by atoms with Crippen LogP contribution in [0.15, 0.2) is 66.7 Å². The Morgan fingerprint density at radius 2 is 1.77 bits per heavy atom. The molecule has 0 aliphatic rings. The standard InChI is InChI=1S/C22H19N3O/c1-14-10-11-15(2)19(12-14)23-22(26)21-13-20(24-25-21)18-9-5-7-16-6-3-4-8-17(16)18/h3-13H,1-2H3,(H,23,26)(H,24,25). The Hall–Kier alpha value is -3.40. The fourth-order valence-corrected chi connectivity index (χ4v) is 3.08. The average molecular weight is 341 g/mol. The van der Waals surface area contributed by atoms with Gasteiger partial charge in [0.25, 0.3) is 5.91 Å². The second kappa shape index (κ2) is 6.48. The van der Waals surface area contributed by atoms with Gasteiger partial charge in [0.1, 0.15) is 5.69 Å². The molecule has 1 heterocycles. The van der Waals surface area contributed by atoms with Gasteiger partial charge in [-0.2, -0.15) is 5.10 Å². The van der Waals surface area contributed by atoms with Crippen molar-refractivity contribution in [2.75, 3.05) is 5.32 Å². The van der Waals surface area contributed by atoms with Crippen LogP contribution in [-0.4, -0.2) is 16.1 Å². The minimum Gasteiger partial charge on any atom is -0.320 e. The summed E-state index contributed by atoms with van der Waals surface area (Å²) >= 11 is 0. The number of carbonyl (C=O) groups is 1. The number of hydrogen-bond acceptors (Lipinski definition) is 2. The highest BCUT2D eigenvalue weighted by atomic mass is 16.1. The largest absolute Gasteiger partial charge is 0.320 e. The quantitative estimate of drug-likeness (QED) is 0.545. The van der Waals surface area contributed by atoms with Gasteiger partial charge in [0.2, 0.25) is 0 Å². The minimum absolute atomic E-state index is 0.197. The number of benzene rings is 3. The van der Waals surface area contributed by atoms with Crippen LogP contribution in [0.1, 0.15) is 21.6 Å². The molecule has 1 amide bonds. The lowest BCUT2D eigenvalue weighted by atomic mass is 10.0. The predicted octanol–water partition coefficient (Wildman–Crippen LogP) is 5.10. The van der Waals surface area contributed by atoms with Crippen LogP contribution < -0.4 is 5.32 Å². The molecule has 0 aliphatic heterocycles. The van der Waals surface area contributed by atoms with E-state index in [-0.39, 0.29) is 5.91 Å². The van der Waals surface area contributed by atoms with E-state index in [0.717, 1.165) is 38.8 Å². The maximum Gasteiger partial charge on any atom is 0.273 e. The zero-order valence-corrected chi connectivity index (χ0v) is 14.7. The molecule has 0 fully saturated rings. The molecule has 128 valence electrons. The summed E-state index contributed by atoms with van der Waals surface area (Å²) in [5.74, 6) is -0.197. The molecule has 0 unspecified atom stereocenters. The van der Waals surface area contributed by atoms with Gasteiger partial charge in [-0.1, -0.05) is 54.6 Å². The molecular weight excluding hydrogens is 322 g/mol. The summed E-state index contributed by atoms with van der Waals surface area (Å²) in [5, 5.41) is 12.4. The summed E-state index contributed by atoms with van der Waals surface area (Å²) in [7, 11) is 0. The fraction of sp³-hybridized carbons (Fsp3) is 0.0909. The van der Waals surface area contributed by atoms with Crippen LogP contribution in [0.25, 0.3) is 22.0 Å². The molecule has 0 spiro atoms. The van der Waals surface area contributed by atoms with Crippen LogP contribution in [0.3, 0.4) is 0 Å². The number of nitrogens with zero attached hydrogens (tertiary/aromatic N) is 1. The topological polar surface area (TPSA) is 57.8 Å². The zero-order valence-electron chi connectivity index (χ0n) is 14.7. The molecule has 1 aromatic heterocycles. The molecule has 0 atom stereocenters. The average Bonchev–Trinajstić information content (AvgIpc) is 3.14. The van der Waals surface area contributed by atoms with Crippen LogP contribution >= 0.6 is 0 Å². The molecule has 4 heteroatoms. The van der Waals surface area contributed by atoms with Crippen LogP contribution in [-0.2, 0) is 0 Å². The summed E-state index contributed by atoms with van der Waals surface area (Å²) in [6.07, 6.45) is 0. The Kier molecular flexibility index (Phi) is 4.01. The molecule has 0 aliphatic carbocycles. The highest BCUT2D eigenvalue weighted by molar-refractivity contribution is 6.04. The van der Waals surface area contributed by atoms with Gasteiger partial charge >= 0.3 is 0 Å². The van der Waals surface area contributed by atoms with Crippen molar-refractivity contribution in [1.82, 2.24) is 10.2 Å². The summed E-state index contributed by atoms with van der Waals surface area (Å²) in [5.41, 5.74) is 5.15. The molecule has 26 heavy (non-hydrogen) atoms. The van der Waals surface area contributed by atoms with E-state index >= 15 is 0 Å². The summed E-state index contributed by atoms with van der Waals surface area (Å²) in [6.45, 7) is 3.98. The minimum atomic E-state index is -0.197. The number of nitrogens with one attached hydrogen (secondary N) is 2. The van der Waals surface area contributed by atoms with Gasteiger partial charge in [-0.3, -0.25) is 9.89 Å². The predicted molar refractivity (Wildman–Crippen MR) is 105 cm³/mol. The van der Waals surface area contributed by atoms with Gasteiger partial charge < -0.3 is 5.32 Å². The summed E-state index contributed by atoms with van der Waals surface area (Å²) < 4.78 is 0. The lowest BCUT2D eigenvalue weighted by Crippen LogP contribution is -2.13. The molecule has 4 aromatic rings. The third kappa shape index (κ3) is 2.97. The first-order chi connectivity index (χ1) is 12.6. The number of aromatic nitrogens is 2. The van der Waals surface area contributed by atoms with Crippen LogP contribution in [0.5, 0.6) is 0 Å². The lowest BCUT2D eigenvalue weighted by molar-refractivity contribution is 0.102. The molecular formula is C22H19N3O. The Balaban J connectivity index is 1.65. The number of fused-ring (bicyclic) bond motifs is 1. The maximum absolute atomic E-state index is 12.6. The first-order valence-corrected chi connectivity index (χ1v) is 8.54. The van der Waals surface area contributed by atoms with Gasteiger partial charge in [0.05, 0.1) is 5.69 Å². The van der Waals surface area contributed by atoms with Crippen LogP contribution in [0.4, 0.5) is 5.69 Å². The van der Waals surface area contributed by atoms with Crippen LogP contribution in [0.2, 0.25) is 0 Å². The highest BCUT2D eigenvalue weighted by Gasteiger charge is 2.13. The highest BCUT2D eigenvalue weighted by Crippen LogP contribution is 2.27. The molecule has 0 saturated heterocycles. The number of aromatic amines is 1.